The fraction of sp³-hybridized carbons (Fsp3) is 0.375. The number of rotatable bonds is 4. The highest BCUT2D eigenvalue weighted by molar-refractivity contribution is 5.98. The Balaban J connectivity index is 2.27. The molecule has 10 nitrogen and oxygen atoms in total. The molecule has 1 aromatic carbocycles. The van der Waals surface area contributed by atoms with Crippen molar-refractivity contribution in [1.82, 2.24) is 9.78 Å². The number of aromatic amines is 1. The summed E-state index contributed by atoms with van der Waals surface area (Å²) in [6.45, 7) is 3.60. The van der Waals surface area contributed by atoms with Crippen LogP contribution in [0.3, 0.4) is 0 Å². The van der Waals surface area contributed by atoms with Crippen LogP contribution in [0.2, 0.25) is 0 Å². The third-order valence-electron chi connectivity index (χ3n) is 4.41. The van der Waals surface area contributed by atoms with Crippen molar-refractivity contribution >= 4 is 11.7 Å². The van der Waals surface area contributed by atoms with E-state index in [9.17, 15) is 24.8 Å². The number of methoxy groups -OCH3 is 1. The fourth-order valence-electron chi connectivity index (χ4n) is 3.23. The van der Waals surface area contributed by atoms with Crippen LogP contribution in [-0.2, 0) is 4.79 Å². The number of hydrogen-bond acceptors (Lipinski definition) is 6. The van der Waals surface area contributed by atoms with Gasteiger partial charge in [-0.1, -0.05) is 6.07 Å². The van der Waals surface area contributed by atoms with E-state index in [0.717, 1.165) is 0 Å². The Morgan fingerprint density at radius 2 is 2.04 bits per heavy atom. The number of phenolic OH excluding ortho intramolecular Hbond substituents is 1. The van der Waals surface area contributed by atoms with Crippen molar-refractivity contribution < 1.29 is 19.6 Å². The molecule has 1 aliphatic rings. The highest BCUT2D eigenvalue weighted by atomic mass is 16.6. The lowest BCUT2D eigenvalue weighted by Gasteiger charge is -2.26. The Hall–Kier alpha value is -3.30. The third kappa shape index (κ3) is 2.59. The SMILES string of the molecule is COc1ccc([C@H]2c3c(n(C(C)C)[nH]c3=O)NC(=O)[C@H]2[N+](=O)[O-])cc1O. The second-order valence-electron chi connectivity index (χ2n) is 6.30. The summed E-state index contributed by atoms with van der Waals surface area (Å²) < 4.78 is 6.44. The summed E-state index contributed by atoms with van der Waals surface area (Å²) in [5.74, 6) is -1.82. The molecule has 0 bridgehead atoms. The number of carbonyl (C=O) groups excluding carboxylic acids is 1. The van der Waals surface area contributed by atoms with Crippen LogP contribution in [0.15, 0.2) is 23.0 Å². The van der Waals surface area contributed by atoms with Crippen LogP contribution in [0.5, 0.6) is 11.5 Å². The van der Waals surface area contributed by atoms with Crippen LogP contribution in [0.4, 0.5) is 5.82 Å². The molecule has 0 unspecified atom stereocenters. The van der Waals surface area contributed by atoms with Gasteiger partial charge in [0.15, 0.2) is 11.5 Å². The van der Waals surface area contributed by atoms with Gasteiger partial charge < -0.3 is 15.2 Å². The molecule has 10 heteroatoms. The molecule has 0 radical (unpaired) electrons. The number of H-pyrrole nitrogens is 1. The number of anilines is 1. The van der Waals surface area contributed by atoms with E-state index in [1.54, 1.807) is 13.8 Å². The van der Waals surface area contributed by atoms with Gasteiger partial charge in [0, 0.05) is 11.0 Å². The first kappa shape index (κ1) is 17.5. The lowest BCUT2D eigenvalue weighted by atomic mass is 9.83. The summed E-state index contributed by atoms with van der Waals surface area (Å²) in [7, 11) is 1.37. The van der Waals surface area contributed by atoms with E-state index < -0.39 is 28.3 Å². The van der Waals surface area contributed by atoms with Crippen molar-refractivity contribution in [3.63, 3.8) is 0 Å². The molecule has 1 aromatic heterocycles. The minimum Gasteiger partial charge on any atom is -0.504 e. The first-order chi connectivity index (χ1) is 12.3. The van der Waals surface area contributed by atoms with Crippen molar-refractivity contribution in [2.75, 3.05) is 12.4 Å². The van der Waals surface area contributed by atoms with E-state index in [0.29, 0.717) is 0 Å². The summed E-state index contributed by atoms with van der Waals surface area (Å²) in [5.41, 5.74) is -0.168. The van der Waals surface area contributed by atoms with Gasteiger partial charge in [-0.15, -0.1) is 0 Å². The van der Waals surface area contributed by atoms with Crippen molar-refractivity contribution in [3.05, 3.63) is 49.8 Å². The van der Waals surface area contributed by atoms with Gasteiger partial charge in [0.05, 0.1) is 18.6 Å². The molecular weight excluding hydrogens is 344 g/mol. The number of fused-ring (bicyclic) bond motifs is 1. The van der Waals surface area contributed by atoms with Gasteiger partial charge in [-0.25, -0.2) is 0 Å². The first-order valence-electron chi connectivity index (χ1n) is 7.92. The summed E-state index contributed by atoms with van der Waals surface area (Å²) in [6.07, 6.45) is 0. The number of benzene rings is 1. The van der Waals surface area contributed by atoms with Gasteiger partial charge in [0.25, 0.3) is 5.56 Å². The number of ether oxygens (including phenoxy) is 1. The van der Waals surface area contributed by atoms with Crippen molar-refractivity contribution in [2.45, 2.75) is 31.8 Å². The number of aromatic nitrogens is 2. The number of nitro groups is 1. The molecule has 0 spiro atoms. The van der Waals surface area contributed by atoms with Gasteiger partial charge in [-0.3, -0.25) is 29.5 Å². The number of nitrogens with one attached hydrogen (secondary N) is 2. The predicted molar refractivity (Wildman–Crippen MR) is 91.4 cm³/mol. The smallest absolute Gasteiger partial charge is 0.301 e. The Kier molecular flexibility index (Phi) is 4.18. The van der Waals surface area contributed by atoms with E-state index >= 15 is 0 Å². The monoisotopic (exact) mass is 362 g/mol. The molecule has 26 heavy (non-hydrogen) atoms. The van der Waals surface area contributed by atoms with Crippen LogP contribution in [0.1, 0.15) is 36.9 Å². The summed E-state index contributed by atoms with van der Waals surface area (Å²) in [5, 5.41) is 26.7. The average Bonchev–Trinajstić information content (AvgIpc) is 2.90. The fourth-order valence-corrected chi connectivity index (χ4v) is 3.23. The number of aromatic hydroxyl groups is 1. The molecular formula is C16H18N4O6. The maximum Gasteiger partial charge on any atom is 0.301 e. The van der Waals surface area contributed by atoms with Crippen LogP contribution in [-0.4, -0.2) is 38.9 Å². The predicted octanol–water partition coefficient (Wildman–Crippen LogP) is 1.20. The van der Waals surface area contributed by atoms with Crippen molar-refractivity contribution in [3.8, 4) is 11.5 Å². The van der Waals surface area contributed by atoms with Gasteiger partial charge in [-0.05, 0) is 31.5 Å². The minimum atomic E-state index is -1.69. The molecule has 1 aliphatic heterocycles. The van der Waals surface area contributed by atoms with E-state index in [2.05, 4.69) is 10.4 Å². The Morgan fingerprint density at radius 1 is 1.35 bits per heavy atom. The molecule has 138 valence electrons. The first-order valence-corrected chi connectivity index (χ1v) is 7.92. The van der Waals surface area contributed by atoms with Crippen LogP contribution in [0.25, 0.3) is 0 Å². The Labute approximate surface area is 147 Å². The van der Waals surface area contributed by atoms with Gasteiger partial charge >= 0.3 is 11.9 Å². The average molecular weight is 362 g/mol. The van der Waals surface area contributed by atoms with Crippen LogP contribution < -0.4 is 15.6 Å². The highest BCUT2D eigenvalue weighted by Gasteiger charge is 2.48. The van der Waals surface area contributed by atoms with Gasteiger partial charge in [0.2, 0.25) is 0 Å². The largest absolute Gasteiger partial charge is 0.504 e. The topological polar surface area (TPSA) is 139 Å². The maximum atomic E-state index is 12.5. The zero-order valence-electron chi connectivity index (χ0n) is 14.3. The number of carbonyl (C=O) groups is 1. The summed E-state index contributed by atoms with van der Waals surface area (Å²) in [6, 6.07) is 2.33. The number of nitrogens with zero attached hydrogens (tertiary/aromatic N) is 2. The second-order valence-corrected chi connectivity index (χ2v) is 6.30. The lowest BCUT2D eigenvalue weighted by Crippen LogP contribution is -2.45. The van der Waals surface area contributed by atoms with Crippen molar-refractivity contribution in [1.29, 1.82) is 0 Å². The third-order valence-corrected chi connectivity index (χ3v) is 4.41. The molecule has 1 amide bonds. The summed E-state index contributed by atoms with van der Waals surface area (Å²) in [4.78, 5) is 35.8. The van der Waals surface area contributed by atoms with E-state index in [1.165, 1.54) is 30.0 Å². The molecule has 2 heterocycles. The van der Waals surface area contributed by atoms with E-state index in [-0.39, 0.29) is 34.5 Å². The number of phenols is 1. The van der Waals surface area contributed by atoms with Gasteiger partial charge in [-0.2, -0.15) is 0 Å². The van der Waals surface area contributed by atoms with E-state index in [1.807, 2.05) is 0 Å². The molecule has 3 rings (SSSR count). The normalized spacial score (nSPS) is 19.2. The highest BCUT2D eigenvalue weighted by Crippen LogP contribution is 2.39. The molecule has 0 saturated heterocycles. The molecule has 0 aliphatic carbocycles. The zero-order valence-corrected chi connectivity index (χ0v) is 14.3. The number of hydrogen-bond donors (Lipinski definition) is 3. The second kappa shape index (κ2) is 6.21. The maximum absolute atomic E-state index is 12.5. The van der Waals surface area contributed by atoms with Gasteiger partial charge in [0.1, 0.15) is 5.82 Å². The summed E-state index contributed by atoms with van der Waals surface area (Å²) >= 11 is 0. The van der Waals surface area contributed by atoms with Crippen LogP contribution >= 0.6 is 0 Å². The van der Waals surface area contributed by atoms with Crippen molar-refractivity contribution in [2.24, 2.45) is 0 Å². The molecule has 2 atom stereocenters. The Morgan fingerprint density at radius 3 is 2.58 bits per heavy atom. The molecule has 0 fully saturated rings. The lowest BCUT2D eigenvalue weighted by molar-refractivity contribution is -0.509. The Bertz CT molecular complexity index is 945. The molecule has 2 aromatic rings. The van der Waals surface area contributed by atoms with E-state index in [4.69, 9.17) is 4.74 Å². The zero-order chi connectivity index (χ0) is 19.2. The van der Waals surface area contributed by atoms with Crippen LogP contribution in [0, 0.1) is 10.1 Å². The molecule has 3 N–H and O–H groups in total. The number of amides is 1. The minimum absolute atomic E-state index is 0.0876. The quantitative estimate of drug-likeness (QED) is 0.551. The molecule has 0 saturated carbocycles. The standard InChI is InChI=1S/C16H18N4O6/c1-7(2)19-14-12(15(22)18-19)11(13(20(24)25)16(23)17-14)8-4-5-10(26-3)9(21)6-8/h4-7,11,13,21H,1-3H3,(H,17,23)(H,18,22)/t11-,13-/m0/s1.